The second-order valence-electron chi connectivity index (χ2n) is 4.35. The first-order valence-electron chi connectivity index (χ1n) is 5.76. The van der Waals surface area contributed by atoms with Crippen LogP contribution in [0.4, 0.5) is 5.69 Å². The van der Waals surface area contributed by atoms with Crippen LogP contribution in [-0.4, -0.2) is 14.3 Å². The van der Waals surface area contributed by atoms with Crippen LogP contribution in [0.2, 0.25) is 0 Å². The number of rotatable bonds is 2. The molecule has 0 aliphatic rings. The van der Waals surface area contributed by atoms with Crippen molar-refractivity contribution in [2.45, 2.75) is 13.8 Å². The molecule has 0 radical (unpaired) electrons. The summed E-state index contributed by atoms with van der Waals surface area (Å²) in [4.78, 5) is 16.9. The van der Waals surface area contributed by atoms with E-state index >= 15 is 0 Å². The van der Waals surface area contributed by atoms with Crippen LogP contribution >= 0.6 is 11.3 Å². The summed E-state index contributed by atoms with van der Waals surface area (Å²) in [7, 11) is 0. The second-order valence-corrected chi connectivity index (χ2v) is 5.53. The monoisotopic (exact) mass is 273 g/mol. The quantitative estimate of drug-likeness (QED) is 0.529. The number of benzene rings is 1. The van der Waals surface area contributed by atoms with Crippen molar-refractivity contribution in [2.24, 2.45) is 0 Å². The lowest BCUT2D eigenvalue weighted by atomic mass is 10.1. The van der Waals surface area contributed by atoms with Crippen molar-refractivity contribution < 1.29 is 4.92 Å². The van der Waals surface area contributed by atoms with Gasteiger partial charge in [0, 0.05) is 34.5 Å². The van der Waals surface area contributed by atoms with Crippen LogP contribution in [0.1, 0.15) is 10.4 Å². The fourth-order valence-corrected chi connectivity index (χ4v) is 3.14. The first-order valence-corrected chi connectivity index (χ1v) is 6.57. The summed E-state index contributed by atoms with van der Waals surface area (Å²) in [5.41, 5.74) is 2.64. The number of imidazole rings is 1. The summed E-state index contributed by atoms with van der Waals surface area (Å²) >= 11 is 1.58. The molecule has 0 unspecified atom stereocenters. The molecule has 0 N–H and O–H groups in total. The fraction of sp³-hybridized carbons (Fsp3) is 0.154. The maximum absolute atomic E-state index is 11.0. The molecule has 0 amide bonds. The zero-order chi connectivity index (χ0) is 13.6. The van der Waals surface area contributed by atoms with Gasteiger partial charge in [0.25, 0.3) is 5.69 Å². The van der Waals surface area contributed by atoms with E-state index in [1.54, 1.807) is 36.6 Å². The van der Waals surface area contributed by atoms with E-state index in [1.807, 2.05) is 23.6 Å². The molecule has 0 fully saturated rings. The van der Waals surface area contributed by atoms with Crippen LogP contribution in [0.5, 0.6) is 0 Å². The number of hydrogen-bond donors (Lipinski definition) is 0. The molecule has 0 bridgehead atoms. The van der Waals surface area contributed by atoms with Gasteiger partial charge in [-0.25, -0.2) is 4.98 Å². The third-order valence-corrected chi connectivity index (χ3v) is 4.09. The fourth-order valence-electron chi connectivity index (χ4n) is 2.19. The molecule has 3 rings (SSSR count). The van der Waals surface area contributed by atoms with Gasteiger partial charge in [-0.2, -0.15) is 0 Å². The molecule has 0 aliphatic heterocycles. The lowest BCUT2D eigenvalue weighted by Crippen LogP contribution is -1.93. The maximum Gasteiger partial charge on any atom is 0.272 e. The number of aryl methyl sites for hydroxylation is 2. The summed E-state index contributed by atoms with van der Waals surface area (Å²) < 4.78 is 1.97. The summed E-state index contributed by atoms with van der Waals surface area (Å²) in [6.45, 7) is 3.75. The maximum atomic E-state index is 11.0. The minimum atomic E-state index is -0.342. The molecule has 0 spiro atoms. The van der Waals surface area contributed by atoms with E-state index in [4.69, 9.17) is 0 Å². The molecule has 5 nitrogen and oxygen atoms in total. The molecule has 0 saturated carbocycles. The topological polar surface area (TPSA) is 60.4 Å². The normalized spacial score (nSPS) is 11.1. The smallest absolute Gasteiger partial charge is 0.272 e. The highest BCUT2D eigenvalue weighted by atomic mass is 32.1. The van der Waals surface area contributed by atoms with E-state index in [2.05, 4.69) is 4.98 Å². The molecule has 1 aromatic carbocycles. The molecule has 6 heteroatoms. The van der Waals surface area contributed by atoms with Gasteiger partial charge in [-0.1, -0.05) is 12.1 Å². The first kappa shape index (κ1) is 11.9. The van der Waals surface area contributed by atoms with Gasteiger partial charge < -0.3 is 0 Å². The Morgan fingerprint density at radius 3 is 2.89 bits per heavy atom. The predicted molar refractivity (Wildman–Crippen MR) is 74.6 cm³/mol. The number of thiazole rings is 1. The minimum absolute atomic E-state index is 0.149. The highest BCUT2D eigenvalue weighted by Gasteiger charge is 2.16. The largest absolute Gasteiger partial charge is 0.290 e. The Kier molecular flexibility index (Phi) is 2.60. The number of nitrogens with zero attached hydrogens (tertiary/aromatic N) is 3. The molecule has 0 aliphatic carbocycles. The first-order chi connectivity index (χ1) is 9.08. The van der Waals surface area contributed by atoms with Crippen molar-refractivity contribution in [2.75, 3.05) is 0 Å². The van der Waals surface area contributed by atoms with E-state index in [1.165, 1.54) is 0 Å². The van der Waals surface area contributed by atoms with Crippen LogP contribution < -0.4 is 0 Å². The van der Waals surface area contributed by atoms with Crippen LogP contribution in [0, 0.1) is 24.0 Å². The molecule has 2 aromatic heterocycles. The molecule has 0 atom stereocenters. The Morgan fingerprint density at radius 1 is 1.37 bits per heavy atom. The van der Waals surface area contributed by atoms with Gasteiger partial charge in [0.15, 0.2) is 4.96 Å². The molecule has 19 heavy (non-hydrogen) atoms. The van der Waals surface area contributed by atoms with Gasteiger partial charge in [-0.3, -0.25) is 14.5 Å². The Labute approximate surface area is 113 Å². The van der Waals surface area contributed by atoms with Crippen molar-refractivity contribution in [3.8, 4) is 11.3 Å². The summed E-state index contributed by atoms with van der Waals surface area (Å²) in [6, 6.07) is 5.33. The van der Waals surface area contributed by atoms with Gasteiger partial charge in [0.1, 0.15) is 0 Å². The lowest BCUT2D eigenvalue weighted by Gasteiger charge is -2.04. The number of nitro benzene ring substituents is 1. The number of fused-ring (bicyclic) bond motifs is 1. The third kappa shape index (κ3) is 1.80. The number of aromatic nitrogens is 2. The Morgan fingerprint density at radius 2 is 2.16 bits per heavy atom. The Hall–Kier alpha value is -2.21. The molecule has 3 aromatic rings. The average Bonchev–Trinajstić information content (AvgIpc) is 2.89. The van der Waals surface area contributed by atoms with E-state index in [0.29, 0.717) is 5.56 Å². The lowest BCUT2D eigenvalue weighted by molar-refractivity contribution is -0.385. The van der Waals surface area contributed by atoms with Gasteiger partial charge in [-0.15, -0.1) is 11.3 Å². The van der Waals surface area contributed by atoms with E-state index < -0.39 is 0 Å². The SMILES string of the molecule is Cc1ccc(-c2c(C)sc3nccn23)cc1[N+](=O)[O-]. The average molecular weight is 273 g/mol. The summed E-state index contributed by atoms with van der Waals surface area (Å²) in [5, 5.41) is 11.0. The summed E-state index contributed by atoms with van der Waals surface area (Å²) in [6.07, 6.45) is 3.61. The van der Waals surface area contributed by atoms with Gasteiger partial charge in [-0.05, 0) is 13.8 Å². The van der Waals surface area contributed by atoms with E-state index in [0.717, 1.165) is 21.1 Å². The summed E-state index contributed by atoms with van der Waals surface area (Å²) in [5.74, 6) is 0. The number of hydrogen-bond acceptors (Lipinski definition) is 4. The van der Waals surface area contributed by atoms with Gasteiger partial charge in [0.05, 0.1) is 10.6 Å². The van der Waals surface area contributed by atoms with Crippen molar-refractivity contribution in [1.29, 1.82) is 0 Å². The zero-order valence-corrected chi connectivity index (χ0v) is 11.3. The van der Waals surface area contributed by atoms with Gasteiger partial charge in [0.2, 0.25) is 0 Å². The highest BCUT2D eigenvalue weighted by Crippen LogP contribution is 2.33. The molecule has 0 saturated heterocycles. The molecule has 96 valence electrons. The van der Waals surface area contributed by atoms with Crippen molar-refractivity contribution in [3.05, 3.63) is 51.1 Å². The van der Waals surface area contributed by atoms with Crippen LogP contribution in [0.15, 0.2) is 30.6 Å². The van der Waals surface area contributed by atoms with Crippen LogP contribution in [0.25, 0.3) is 16.2 Å². The zero-order valence-electron chi connectivity index (χ0n) is 10.5. The van der Waals surface area contributed by atoms with Crippen LogP contribution in [0.3, 0.4) is 0 Å². The minimum Gasteiger partial charge on any atom is -0.290 e. The second kappa shape index (κ2) is 4.17. The Bertz CT molecular complexity index is 788. The predicted octanol–water partition coefficient (Wildman–Crippen LogP) is 3.59. The van der Waals surface area contributed by atoms with Crippen molar-refractivity contribution >= 4 is 22.0 Å². The van der Waals surface area contributed by atoms with E-state index in [-0.39, 0.29) is 10.6 Å². The van der Waals surface area contributed by atoms with Crippen molar-refractivity contribution in [1.82, 2.24) is 9.38 Å². The van der Waals surface area contributed by atoms with Crippen molar-refractivity contribution in [3.63, 3.8) is 0 Å². The van der Waals surface area contributed by atoms with Gasteiger partial charge >= 0.3 is 0 Å². The third-order valence-electron chi connectivity index (χ3n) is 3.10. The number of nitro groups is 1. The Balaban J connectivity index is 2.27. The van der Waals surface area contributed by atoms with Crippen LogP contribution in [-0.2, 0) is 0 Å². The molecular weight excluding hydrogens is 262 g/mol. The molecule has 2 heterocycles. The van der Waals surface area contributed by atoms with E-state index in [9.17, 15) is 10.1 Å². The molecular formula is C13H11N3O2S. The standard InChI is InChI=1S/C13H11N3O2S/c1-8-3-4-10(7-11(8)16(17)18)12-9(2)19-13-14-5-6-15(12)13/h3-7H,1-2H3. The highest BCUT2D eigenvalue weighted by molar-refractivity contribution is 7.17.